The van der Waals surface area contributed by atoms with E-state index in [0.717, 1.165) is 32.1 Å². The molecule has 6 unspecified atom stereocenters. The first-order chi connectivity index (χ1) is 13.0. The summed E-state index contributed by atoms with van der Waals surface area (Å²) in [5, 5.41) is 29.6. The number of nitrogens with one attached hydrogen (secondary N) is 1. The third kappa shape index (κ3) is 4.83. The lowest BCUT2D eigenvalue weighted by molar-refractivity contribution is -0.147. The van der Waals surface area contributed by atoms with Crippen molar-refractivity contribution < 1.29 is 29.2 Å². The number of aliphatic hydroxyl groups is 2. The van der Waals surface area contributed by atoms with Crippen LogP contribution >= 0.6 is 11.0 Å². The van der Waals surface area contributed by atoms with Gasteiger partial charge in [-0.05, 0) is 63.7 Å². The maximum absolute atomic E-state index is 11.3. The Kier molecular flexibility index (Phi) is 6.66. The molecule has 2 aliphatic carbocycles. The van der Waals surface area contributed by atoms with Crippen LogP contribution in [0.2, 0.25) is 0 Å². The first kappa shape index (κ1) is 22.3. The fourth-order valence-electron chi connectivity index (χ4n) is 5.35. The van der Waals surface area contributed by atoms with Gasteiger partial charge in [-0.3, -0.25) is 13.9 Å². The molecule has 1 heterocycles. The van der Waals surface area contributed by atoms with Gasteiger partial charge in [0.1, 0.15) is 6.23 Å². The third-order valence-corrected chi connectivity index (χ3v) is 8.78. The molecule has 1 aliphatic heterocycles. The minimum atomic E-state index is -3.24. The fourth-order valence-corrected chi connectivity index (χ4v) is 6.88. The van der Waals surface area contributed by atoms with Gasteiger partial charge in [0.15, 0.2) is 0 Å². The largest absolute Gasteiger partial charge is 0.481 e. The van der Waals surface area contributed by atoms with Crippen LogP contribution in [-0.4, -0.2) is 59.6 Å². The second kappa shape index (κ2) is 8.37. The molecule has 0 spiro atoms. The van der Waals surface area contributed by atoms with Crippen molar-refractivity contribution in [2.75, 3.05) is 6.54 Å². The van der Waals surface area contributed by atoms with Crippen molar-refractivity contribution in [2.45, 2.75) is 83.6 Å². The number of nitrogens with zero attached hydrogens (tertiary/aromatic N) is 1. The number of rotatable bonds is 6. The average molecular weight is 421 g/mol. The summed E-state index contributed by atoms with van der Waals surface area (Å²) in [6.07, 6.45) is 5.58. The van der Waals surface area contributed by atoms with E-state index >= 15 is 0 Å². The fraction of sp³-hybridized carbons (Fsp3) is 0.947. The van der Waals surface area contributed by atoms with Crippen molar-refractivity contribution in [1.29, 1.82) is 0 Å². The zero-order chi connectivity index (χ0) is 20.7. The van der Waals surface area contributed by atoms with Crippen molar-refractivity contribution in [2.24, 2.45) is 23.2 Å². The standard InChI is InChI=1S/C19H36N2O6S/c1-19(2,18(24)25)7-3-4-12-5-6-13-10-16(22)15(9-14(13)8-12)21-11-17(23)20-28(21,26)27/h12-17,20,22-23,26-27H,3-11H2,1-2H3,(H,24,25). The molecule has 8 nitrogen and oxygen atoms in total. The van der Waals surface area contributed by atoms with Crippen molar-refractivity contribution >= 4 is 16.9 Å². The minimum absolute atomic E-state index is 0.106. The second-order valence-electron chi connectivity index (χ2n) is 9.64. The van der Waals surface area contributed by atoms with E-state index in [1.807, 2.05) is 0 Å². The van der Waals surface area contributed by atoms with Gasteiger partial charge in [-0.2, -0.15) is 9.03 Å². The molecule has 3 fully saturated rings. The van der Waals surface area contributed by atoms with E-state index in [4.69, 9.17) is 0 Å². The maximum atomic E-state index is 11.3. The summed E-state index contributed by atoms with van der Waals surface area (Å²) in [6.45, 7) is 3.65. The summed E-state index contributed by atoms with van der Waals surface area (Å²) in [4.78, 5) is 11.3. The van der Waals surface area contributed by atoms with Gasteiger partial charge >= 0.3 is 5.97 Å². The Morgan fingerprint density at radius 1 is 1.14 bits per heavy atom. The van der Waals surface area contributed by atoms with E-state index in [1.54, 1.807) is 13.8 Å². The van der Waals surface area contributed by atoms with Crippen molar-refractivity contribution in [3.63, 3.8) is 0 Å². The normalized spacial score (nSPS) is 40.1. The molecule has 3 aliphatic rings. The van der Waals surface area contributed by atoms with Crippen molar-refractivity contribution in [3.8, 4) is 0 Å². The SMILES string of the molecule is CC(C)(CCCC1CCC2CC(O)C(N3CC(O)NS3(O)O)CC2C1)C(=O)O. The lowest BCUT2D eigenvalue weighted by atomic mass is 9.64. The smallest absolute Gasteiger partial charge is 0.309 e. The minimum Gasteiger partial charge on any atom is -0.481 e. The lowest BCUT2D eigenvalue weighted by Crippen LogP contribution is -2.50. The molecule has 3 rings (SSSR count). The summed E-state index contributed by atoms with van der Waals surface area (Å²) >= 11 is 0. The van der Waals surface area contributed by atoms with Crippen LogP contribution in [0.5, 0.6) is 0 Å². The molecule has 6 N–H and O–H groups in total. The Bertz CT molecular complexity index is 575. The Hall–Kier alpha value is -0.420. The van der Waals surface area contributed by atoms with Gasteiger partial charge in [0.05, 0.1) is 24.1 Å². The highest BCUT2D eigenvalue weighted by molar-refractivity contribution is 8.20. The molecule has 6 atom stereocenters. The van der Waals surface area contributed by atoms with Crippen LogP contribution in [-0.2, 0) is 4.79 Å². The molecule has 1 saturated heterocycles. The Morgan fingerprint density at radius 2 is 1.86 bits per heavy atom. The summed E-state index contributed by atoms with van der Waals surface area (Å²) in [6, 6.07) is -0.361. The summed E-state index contributed by atoms with van der Waals surface area (Å²) in [7, 11) is -3.24. The van der Waals surface area contributed by atoms with Gasteiger partial charge in [-0.1, -0.05) is 30.2 Å². The van der Waals surface area contributed by atoms with Gasteiger partial charge in [-0.15, -0.1) is 0 Å². The molecule has 28 heavy (non-hydrogen) atoms. The molecule has 164 valence electrons. The highest BCUT2D eigenvalue weighted by atomic mass is 32.3. The number of hydrogen-bond acceptors (Lipinski definition) is 7. The van der Waals surface area contributed by atoms with Gasteiger partial charge < -0.3 is 15.3 Å². The van der Waals surface area contributed by atoms with E-state index in [-0.39, 0.29) is 12.6 Å². The number of carbonyl (C=O) groups is 1. The van der Waals surface area contributed by atoms with Gasteiger partial charge in [0, 0.05) is 0 Å². The summed E-state index contributed by atoms with van der Waals surface area (Å²) in [5.41, 5.74) is -0.685. The van der Waals surface area contributed by atoms with E-state index < -0.39 is 34.7 Å². The van der Waals surface area contributed by atoms with Crippen LogP contribution < -0.4 is 4.72 Å². The van der Waals surface area contributed by atoms with E-state index in [9.17, 15) is 29.2 Å². The van der Waals surface area contributed by atoms with Crippen LogP contribution in [0.3, 0.4) is 0 Å². The molecule has 9 heteroatoms. The topological polar surface area (TPSA) is 133 Å². The Labute approximate surface area is 168 Å². The third-order valence-electron chi connectivity index (χ3n) is 7.12. The Balaban J connectivity index is 1.55. The first-order valence-corrected chi connectivity index (χ1v) is 11.9. The second-order valence-corrected chi connectivity index (χ2v) is 11.4. The lowest BCUT2D eigenvalue weighted by Gasteiger charge is -2.49. The number of carboxylic acids is 1. The zero-order valence-corrected chi connectivity index (χ0v) is 17.6. The molecule has 2 saturated carbocycles. The molecule has 0 aromatic heterocycles. The van der Waals surface area contributed by atoms with Crippen LogP contribution in [0.1, 0.15) is 65.2 Å². The van der Waals surface area contributed by atoms with Crippen LogP contribution in [0.25, 0.3) is 0 Å². The van der Waals surface area contributed by atoms with Crippen molar-refractivity contribution in [3.05, 3.63) is 0 Å². The number of β-amino-alcohol motifs (C(OH)–C–C–N with tert-alkyl or cyclic N) is 1. The maximum Gasteiger partial charge on any atom is 0.309 e. The molecular formula is C19H36N2O6S. The number of fused-ring (bicyclic) bond motifs is 1. The number of aliphatic hydroxyl groups excluding tert-OH is 2. The monoisotopic (exact) mass is 420 g/mol. The van der Waals surface area contributed by atoms with Gasteiger partial charge in [0.25, 0.3) is 0 Å². The molecule has 0 aromatic rings. The van der Waals surface area contributed by atoms with Gasteiger partial charge in [0.2, 0.25) is 0 Å². The predicted molar refractivity (Wildman–Crippen MR) is 107 cm³/mol. The highest BCUT2D eigenvalue weighted by Gasteiger charge is 2.47. The molecule has 0 amide bonds. The average Bonchev–Trinajstić information content (AvgIpc) is 2.86. The molecule has 0 bridgehead atoms. The molecule has 0 radical (unpaired) electrons. The number of aliphatic carboxylic acids is 1. The summed E-state index contributed by atoms with van der Waals surface area (Å²) < 4.78 is 24.3. The number of carboxylic acid groups (broad SMARTS) is 1. The number of hydrogen-bond donors (Lipinski definition) is 6. The van der Waals surface area contributed by atoms with E-state index in [2.05, 4.69) is 4.72 Å². The zero-order valence-electron chi connectivity index (χ0n) is 16.8. The van der Waals surface area contributed by atoms with Crippen molar-refractivity contribution in [1.82, 2.24) is 9.03 Å². The quantitative estimate of drug-likeness (QED) is 0.386. The van der Waals surface area contributed by atoms with Crippen LogP contribution in [0.15, 0.2) is 0 Å². The Morgan fingerprint density at radius 3 is 2.46 bits per heavy atom. The molecule has 0 aromatic carbocycles. The van der Waals surface area contributed by atoms with Gasteiger partial charge in [-0.25, -0.2) is 0 Å². The van der Waals surface area contributed by atoms with E-state index in [0.29, 0.717) is 37.0 Å². The van der Waals surface area contributed by atoms with E-state index in [1.165, 1.54) is 4.31 Å². The predicted octanol–water partition coefficient (Wildman–Crippen LogP) is 2.63. The molecular weight excluding hydrogens is 384 g/mol. The van der Waals surface area contributed by atoms with Crippen LogP contribution in [0.4, 0.5) is 0 Å². The summed E-state index contributed by atoms with van der Waals surface area (Å²) in [5.74, 6) is 0.693. The van der Waals surface area contributed by atoms with Crippen LogP contribution in [0, 0.1) is 23.2 Å². The first-order valence-electron chi connectivity index (χ1n) is 10.4. The highest BCUT2D eigenvalue weighted by Crippen LogP contribution is 2.51.